The number of allylic oxidation sites excluding steroid dienone is 2. The van der Waals surface area contributed by atoms with Gasteiger partial charge in [0.15, 0.2) is 6.10 Å². The Hall–Kier alpha value is -1.21. The van der Waals surface area contributed by atoms with E-state index in [1.54, 1.807) is 0 Å². The molecule has 0 aliphatic rings. The standard InChI is InChI=1S/C41H79O8P/c1-3-5-7-9-11-13-14-15-16-17-18-19-20-21-22-23-24-25-26-28-30-32-34-36-41(43)49-39(38-48-50(44,45)46)37-47-40(42)35-33-31-29-27-12-10-8-6-4-2/h28,30,39H,3-27,29,31-38H2,1-2H3,(H2,44,45,46)/b30-28+/t39-/m1/s1. The monoisotopic (exact) mass is 731 g/mol. The Kier molecular flexibility index (Phi) is 36.6. The number of carbonyl (C=O) groups is 2. The molecule has 0 spiro atoms. The maximum absolute atomic E-state index is 12.4. The molecule has 0 aromatic carbocycles. The van der Waals surface area contributed by atoms with Crippen molar-refractivity contribution >= 4 is 19.8 Å². The van der Waals surface area contributed by atoms with Gasteiger partial charge < -0.3 is 19.3 Å². The van der Waals surface area contributed by atoms with E-state index in [0.717, 1.165) is 32.1 Å². The molecule has 0 aliphatic heterocycles. The van der Waals surface area contributed by atoms with Gasteiger partial charge in [0.05, 0.1) is 6.61 Å². The van der Waals surface area contributed by atoms with Crippen molar-refractivity contribution in [2.45, 2.75) is 225 Å². The van der Waals surface area contributed by atoms with Crippen molar-refractivity contribution in [2.75, 3.05) is 13.2 Å². The summed E-state index contributed by atoms with van der Waals surface area (Å²) < 4.78 is 26.3. The Morgan fingerprint density at radius 1 is 0.500 bits per heavy atom. The average Bonchev–Trinajstić information content (AvgIpc) is 3.08. The third-order valence-corrected chi connectivity index (χ3v) is 9.77. The number of phosphoric acid groups is 1. The van der Waals surface area contributed by atoms with Crippen LogP contribution >= 0.6 is 7.82 Å². The molecule has 2 N–H and O–H groups in total. The lowest BCUT2D eigenvalue weighted by atomic mass is 10.0. The van der Waals surface area contributed by atoms with Gasteiger partial charge in [-0.05, 0) is 32.1 Å². The second-order valence-electron chi connectivity index (χ2n) is 14.3. The number of unbranched alkanes of at least 4 members (excludes halogenated alkanes) is 27. The van der Waals surface area contributed by atoms with E-state index in [9.17, 15) is 14.2 Å². The Balaban J connectivity index is 3.82. The van der Waals surface area contributed by atoms with Crippen LogP contribution in [0.2, 0.25) is 0 Å². The van der Waals surface area contributed by atoms with Crippen LogP contribution in [0.1, 0.15) is 219 Å². The van der Waals surface area contributed by atoms with Gasteiger partial charge >= 0.3 is 19.8 Å². The molecule has 0 aliphatic carbocycles. The van der Waals surface area contributed by atoms with Crippen molar-refractivity contribution in [3.05, 3.63) is 12.2 Å². The molecule has 0 unspecified atom stereocenters. The van der Waals surface area contributed by atoms with E-state index in [2.05, 4.69) is 30.5 Å². The summed E-state index contributed by atoms with van der Waals surface area (Å²) in [6.07, 6.45) is 41.1. The largest absolute Gasteiger partial charge is 0.469 e. The van der Waals surface area contributed by atoms with E-state index in [1.807, 2.05) is 0 Å². The number of hydrogen-bond acceptors (Lipinski definition) is 6. The molecule has 0 bridgehead atoms. The van der Waals surface area contributed by atoms with Gasteiger partial charge in [0.1, 0.15) is 6.61 Å². The van der Waals surface area contributed by atoms with E-state index in [4.69, 9.17) is 19.3 Å². The van der Waals surface area contributed by atoms with E-state index >= 15 is 0 Å². The van der Waals surface area contributed by atoms with Gasteiger partial charge in [-0.1, -0.05) is 187 Å². The maximum atomic E-state index is 12.4. The summed E-state index contributed by atoms with van der Waals surface area (Å²) in [6.45, 7) is 3.65. The smallest absolute Gasteiger partial charge is 0.462 e. The molecule has 0 aromatic rings. The van der Waals surface area contributed by atoms with Crippen molar-refractivity contribution < 1.29 is 37.9 Å². The van der Waals surface area contributed by atoms with Crippen LogP contribution in [-0.2, 0) is 28.2 Å². The minimum atomic E-state index is -4.75. The van der Waals surface area contributed by atoms with E-state index in [-0.39, 0.29) is 19.4 Å². The van der Waals surface area contributed by atoms with Crippen molar-refractivity contribution in [1.29, 1.82) is 0 Å². The first-order valence-corrected chi connectivity index (χ1v) is 22.5. The van der Waals surface area contributed by atoms with Crippen molar-refractivity contribution in [3.63, 3.8) is 0 Å². The van der Waals surface area contributed by atoms with Gasteiger partial charge in [-0.2, -0.15) is 0 Å². The van der Waals surface area contributed by atoms with Crippen LogP contribution in [0.4, 0.5) is 0 Å². The Labute approximate surface area is 307 Å². The molecule has 0 rings (SSSR count). The molecule has 1 atom stereocenters. The molecule has 296 valence electrons. The van der Waals surface area contributed by atoms with Gasteiger partial charge in [-0.15, -0.1) is 0 Å². The first kappa shape index (κ1) is 48.8. The molecule has 0 heterocycles. The minimum Gasteiger partial charge on any atom is -0.462 e. The minimum absolute atomic E-state index is 0.169. The third-order valence-electron chi connectivity index (χ3n) is 9.28. The van der Waals surface area contributed by atoms with Crippen molar-refractivity contribution in [2.24, 2.45) is 0 Å². The summed E-state index contributed by atoms with van der Waals surface area (Å²) >= 11 is 0. The lowest BCUT2D eigenvalue weighted by Crippen LogP contribution is -2.29. The maximum Gasteiger partial charge on any atom is 0.469 e. The second kappa shape index (κ2) is 37.5. The fourth-order valence-electron chi connectivity index (χ4n) is 6.14. The Bertz CT molecular complexity index is 827. The van der Waals surface area contributed by atoms with Gasteiger partial charge in [-0.25, -0.2) is 4.57 Å². The molecular formula is C41H79O8P. The predicted octanol–water partition coefficient (Wildman–Crippen LogP) is 12.6. The van der Waals surface area contributed by atoms with Gasteiger partial charge in [0.2, 0.25) is 0 Å². The lowest BCUT2D eigenvalue weighted by molar-refractivity contribution is -0.161. The van der Waals surface area contributed by atoms with Crippen molar-refractivity contribution in [1.82, 2.24) is 0 Å². The number of carbonyl (C=O) groups excluding carboxylic acids is 2. The summed E-state index contributed by atoms with van der Waals surface area (Å²) in [5, 5.41) is 0. The summed E-state index contributed by atoms with van der Waals surface area (Å²) in [7, 11) is -4.75. The molecule has 0 fully saturated rings. The highest BCUT2D eigenvalue weighted by atomic mass is 31.2. The number of phosphoric ester groups is 1. The number of hydrogen-bond donors (Lipinski definition) is 2. The van der Waals surface area contributed by atoms with Gasteiger partial charge in [0, 0.05) is 12.8 Å². The average molecular weight is 731 g/mol. The van der Waals surface area contributed by atoms with E-state index in [0.29, 0.717) is 6.42 Å². The Morgan fingerprint density at radius 3 is 1.28 bits per heavy atom. The quantitative estimate of drug-likeness (QED) is 0.0278. The van der Waals surface area contributed by atoms with E-state index in [1.165, 1.54) is 154 Å². The summed E-state index contributed by atoms with van der Waals surface area (Å²) in [5.41, 5.74) is 0. The van der Waals surface area contributed by atoms with Crippen LogP contribution in [0.3, 0.4) is 0 Å². The third kappa shape index (κ3) is 39.6. The highest BCUT2D eigenvalue weighted by molar-refractivity contribution is 7.46. The number of ether oxygens (including phenoxy) is 2. The highest BCUT2D eigenvalue weighted by Gasteiger charge is 2.22. The summed E-state index contributed by atoms with van der Waals surface area (Å²) in [4.78, 5) is 42.6. The zero-order valence-corrected chi connectivity index (χ0v) is 33.5. The summed E-state index contributed by atoms with van der Waals surface area (Å²) in [6, 6.07) is 0. The highest BCUT2D eigenvalue weighted by Crippen LogP contribution is 2.36. The molecule has 0 radical (unpaired) electrons. The van der Waals surface area contributed by atoms with E-state index < -0.39 is 32.5 Å². The molecule has 50 heavy (non-hydrogen) atoms. The molecule has 9 heteroatoms. The van der Waals surface area contributed by atoms with Crippen LogP contribution in [-0.4, -0.2) is 41.0 Å². The molecular weight excluding hydrogens is 651 g/mol. The van der Waals surface area contributed by atoms with Crippen LogP contribution in [0.25, 0.3) is 0 Å². The normalized spacial score (nSPS) is 12.5. The van der Waals surface area contributed by atoms with Gasteiger partial charge in [0.25, 0.3) is 0 Å². The lowest BCUT2D eigenvalue weighted by Gasteiger charge is -2.18. The molecule has 0 aromatic heterocycles. The number of esters is 2. The molecule has 0 amide bonds. The zero-order chi connectivity index (χ0) is 36.8. The van der Waals surface area contributed by atoms with Gasteiger partial charge in [-0.3, -0.25) is 14.1 Å². The fourth-order valence-corrected chi connectivity index (χ4v) is 6.50. The predicted molar refractivity (Wildman–Crippen MR) is 207 cm³/mol. The second-order valence-corrected chi connectivity index (χ2v) is 15.6. The zero-order valence-electron chi connectivity index (χ0n) is 32.6. The number of rotatable bonds is 39. The topological polar surface area (TPSA) is 119 Å². The molecule has 0 saturated heterocycles. The van der Waals surface area contributed by atoms with Crippen LogP contribution in [0.15, 0.2) is 12.2 Å². The fraction of sp³-hybridized carbons (Fsp3) is 0.902. The Morgan fingerprint density at radius 2 is 0.860 bits per heavy atom. The first-order chi connectivity index (χ1) is 24.3. The SMILES string of the molecule is CCCCCCCCCCCCCCCCCCCC/C=C/CCCC(=O)O[C@H](COC(=O)CCCCCCCCCCC)COP(=O)(O)O. The van der Waals surface area contributed by atoms with Crippen LogP contribution in [0, 0.1) is 0 Å². The summed E-state index contributed by atoms with van der Waals surface area (Å²) in [5.74, 6) is -0.915. The molecule has 0 saturated carbocycles. The van der Waals surface area contributed by atoms with Crippen LogP contribution in [0.5, 0.6) is 0 Å². The van der Waals surface area contributed by atoms with Crippen molar-refractivity contribution in [3.8, 4) is 0 Å². The van der Waals surface area contributed by atoms with Crippen LogP contribution < -0.4 is 0 Å². The molecule has 8 nitrogen and oxygen atoms in total. The first-order valence-electron chi connectivity index (χ1n) is 21.0.